The van der Waals surface area contributed by atoms with E-state index in [9.17, 15) is 13.2 Å². The lowest BCUT2D eigenvalue weighted by molar-refractivity contribution is 0.212. The van der Waals surface area contributed by atoms with Crippen molar-refractivity contribution in [2.45, 2.75) is 32.1 Å². The summed E-state index contributed by atoms with van der Waals surface area (Å²) in [7, 11) is -2.30. The SMILES string of the molecule is Cc1nn(C)c(-n2ccc3cc(Cl)ccc32)c1C(CC1CC1)CS(=O)(=O)OC(N)=O. The molecule has 2 heterocycles. The Hall–Kier alpha value is -2.52. The van der Waals surface area contributed by atoms with Crippen LogP contribution in [0.4, 0.5) is 4.79 Å². The molecular weight excluding hydrogens is 428 g/mol. The van der Waals surface area contributed by atoms with Gasteiger partial charge in [0.25, 0.3) is 0 Å². The van der Waals surface area contributed by atoms with Crippen molar-refractivity contribution in [1.29, 1.82) is 0 Å². The number of hydrogen-bond acceptors (Lipinski definition) is 5. The summed E-state index contributed by atoms with van der Waals surface area (Å²) in [5.41, 5.74) is 7.45. The minimum Gasteiger partial charge on any atom is -0.334 e. The third-order valence-corrected chi connectivity index (χ3v) is 6.92. The molecule has 2 N–H and O–H groups in total. The number of fused-ring (bicyclic) bond motifs is 1. The minimum absolute atomic E-state index is 0.336. The fraction of sp³-hybridized carbons (Fsp3) is 0.400. The smallest absolute Gasteiger partial charge is 0.334 e. The third kappa shape index (κ3) is 4.17. The van der Waals surface area contributed by atoms with Gasteiger partial charge in [-0.2, -0.15) is 13.5 Å². The molecule has 4 rings (SSSR count). The molecule has 1 atom stereocenters. The molecule has 0 saturated heterocycles. The lowest BCUT2D eigenvalue weighted by atomic mass is 9.94. The normalized spacial score (nSPS) is 15.4. The summed E-state index contributed by atoms with van der Waals surface area (Å²) >= 11 is 6.12. The quantitative estimate of drug-likeness (QED) is 0.552. The Kier molecular flexibility index (Phi) is 5.27. The number of carbonyl (C=O) groups excluding carboxylic acids is 1. The van der Waals surface area contributed by atoms with Gasteiger partial charge in [-0.25, -0.2) is 4.79 Å². The highest BCUT2D eigenvalue weighted by Gasteiger charge is 2.34. The number of amides is 1. The van der Waals surface area contributed by atoms with Gasteiger partial charge in [-0.15, -0.1) is 0 Å². The van der Waals surface area contributed by atoms with Crippen molar-refractivity contribution in [1.82, 2.24) is 14.3 Å². The number of primary amides is 1. The van der Waals surface area contributed by atoms with Crippen LogP contribution in [0.5, 0.6) is 0 Å². The molecule has 8 nitrogen and oxygen atoms in total. The Morgan fingerprint density at radius 2 is 2.10 bits per heavy atom. The van der Waals surface area contributed by atoms with Gasteiger partial charge in [0.05, 0.1) is 17.0 Å². The van der Waals surface area contributed by atoms with Crippen molar-refractivity contribution in [3.8, 4) is 5.82 Å². The van der Waals surface area contributed by atoms with Crippen LogP contribution < -0.4 is 5.73 Å². The molecule has 0 radical (unpaired) electrons. The van der Waals surface area contributed by atoms with E-state index in [4.69, 9.17) is 17.3 Å². The van der Waals surface area contributed by atoms with Gasteiger partial charge in [-0.05, 0) is 43.5 Å². The van der Waals surface area contributed by atoms with Gasteiger partial charge in [-0.3, -0.25) is 4.68 Å². The zero-order valence-corrected chi connectivity index (χ0v) is 18.3. The van der Waals surface area contributed by atoms with Crippen LogP contribution in [-0.4, -0.2) is 34.6 Å². The van der Waals surface area contributed by atoms with Crippen LogP contribution in [0.25, 0.3) is 16.7 Å². The Morgan fingerprint density at radius 3 is 2.77 bits per heavy atom. The number of carbonyl (C=O) groups is 1. The van der Waals surface area contributed by atoms with E-state index in [2.05, 4.69) is 9.28 Å². The van der Waals surface area contributed by atoms with E-state index in [-0.39, 0.29) is 11.7 Å². The number of aryl methyl sites for hydroxylation is 2. The number of nitrogens with zero attached hydrogens (tertiary/aromatic N) is 3. The zero-order valence-electron chi connectivity index (χ0n) is 16.7. The summed E-state index contributed by atoms with van der Waals surface area (Å²) in [6.45, 7) is 1.86. The first kappa shape index (κ1) is 20.7. The van der Waals surface area contributed by atoms with Gasteiger partial charge in [0.15, 0.2) is 0 Å². The van der Waals surface area contributed by atoms with E-state index >= 15 is 0 Å². The van der Waals surface area contributed by atoms with Gasteiger partial charge in [0.1, 0.15) is 5.82 Å². The van der Waals surface area contributed by atoms with Gasteiger partial charge in [0.2, 0.25) is 0 Å². The summed E-state index contributed by atoms with van der Waals surface area (Å²) in [5.74, 6) is 0.517. The first-order valence-corrected chi connectivity index (χ1v) is 11.6. The van der Waals surface area contributed by atoms with Crippen molar-refractivity contribution in [2.75, 3.05) is 5.75 Å². The molecule has 1 fully saturated rings. The van der Waals surface area contributed by atoms with Gasteiger partial charge < -0.3 is 14.5 Å². The second kappa shape index (κ2) is 7.63. The Bertz CT molecular complexity index is 1230. The second-order valence-corrected chi connectivity index (χ2v) is 9.89. The molecule has 10 heteroatoms. The van der Waals surface area contributed by atoms with E-state index in [0.29, 0.717) is 17.4 Å². The minimum atomic E-state index is -4.13. The molecule has 2 aromatic heterocycles. The monoisotopic (exact) mass is 450 g/mol. The van der Waals surface area contributed by atoms with Gasteiger partial charge >= 0.3 is 16.2 Å². The molecule has 0 bridgehead atoms. The van der Waals surface area contributed by atoms with Crippen LogP contribution >= 0.6 is 11.6 Å². The fourth-order valence-corrected chi connectivity index (χ4v) is 5.45. The largest absolute Gasteiger partial charge is 0.420 e. The zero-order chi connectivity index (χ0) is 21.6. The van der Waals surface area contributed by atoms with E-state index in [1.54, 1.807) is 4.68 Å². The van der Waals surface area contributed by atoms with Crippen molar-refractivity contribution >= 4 is 38.7 Å². The molecule has 3 aromatic rings. The summed E-state index contributed by atoms with van der Waals surface area (Å²) in [6, 6.07) is 7.57. The average molecular weight is 451 g/mol. The summed E-state index contributed by atoms with van der Waals surface area (Å²) in [4.78, 5) is 11.1. The van der Waals surface area contributed by atoms with E-state index in [1.165, 1.54) is 0 Å². The molecule has 160 valence electrons. The first-order chi connectivity index (χ1) is 14.1. The number of halogens is 1. The molecular formula is C20H23ClN4O4S. The second-order valence-electron chi connectivity index (χ2n) is 7.84. The number of nitrogens with two attached hydrogens (primary N) is 1. The predicted octanol–water partition coefficient (Wildman–Crippen LogP) is 3.63. The lowest BCUT2D eigenvalue weighted by Gasteiger charge is -2.19. The van der Waals surface area contributed by atoms with Crippen LogP contribution in [0.1, 0.15) is 36.4 Å². The number of hydrogen-bond donors (Lipinski definition) is 1. The fourth-order valence-electron chi connectivity index (χ4n) is 4.15. The number of benzene rings is 1. The summed E-state index contributed by atoms with van der Waals surface area (Å²) in [5, 5.41) is 6.18. The lowest BCUT2D eigenvalue weighted by Crippen LogP contribution is -2.25. The standard InChI is InChI=1S/C20H23ClN4O4S/c1-12-18(15(9-13-3-4-13)11-30(27,28)29-20(22)26)19(24(2)23-12)25-8-7-14-10-16(21)5-6-17(14)25/h5-8,10,13,15H,3-4,9,11H2,1-2H3,(H2,22,26). The van der Waals surface area contributed by atoms with Crippen LogP contribution in [0.15, 0.2) is 30.5 Å². The maximum atomic E-state index is 12.4. The molecule has 30 heavy (non-hydrogen) atoms. The summed E-state index contributed by atoms with van der Waals surface area (Å²) < 4.78 is 33.0. The third-order valence-electron chi connectivity index (χ3n) is 5.46. The molecule has 1 aliphatic carbocycles. The van der Waals surface area contributed by atoms with Crippen LogP contribution in [0, 0.1) is 12.8 Å². The Labute approximate surface area is 179 Å². The number of aromatic nitrogens is 3. The van der Waals surface area contributed by atoms with Gasteiger partial charge in [-0.1, -0.05) is 24.4 Å². The Morgan fingerprint density at radius 1 is 1.37 bits per heavy atom. The summed E-state index contributed by atoms with van der Waals surface area (Å²) in [6.07, 6.45) is 3.39. The van der Waals surface area contributed by atoms with Crippen molar-refractivity contribution in [3.05, 3.63) is 46.7 Å². The van der Waals surface area contributed by atoms with Crippen LogP contribution in [0.2, 0.25) is 5.02 Å². The maximum Gasteiger partial charge on any atom is 0.420 e. The average Bonchev–Trinajstić information content (AvgIpc) is 3.26. The van der Waals surface area contributed by atoms with Gasteiger partial charge in [0, 0.05) is 35.1 Å². The molecule has 1 amide bonds. The van der Waals surface area contributed by atoms with Crippen LogP contribution in [-0.2, 0) is 21.3 Å². The van der Waals surface area contributed by atoms with Crippen LogP contribution in [0.3, 0.4) is 0 Å². The number of rotatable bonds is 7. The van der Waals surface area contributed by atoms with E-state index in [0.717, 1.165) is 40.8 Å². The molecule has 1 aromatic carbocycles. The molecule has 1 saturated carbocycles. The van der Waals surface area contributed by atoms with E-state index in [1.807, 2.05) is 49.0 Å². The van der Waals surface area contributed by atoms with Crippen molar-refractivity contribution < 1.29 is 17.4 Å². The highest BCUT2D eigenvalue weighted by atomic mass is 35.5. The molecule has 0 aliphatic heterocycles. The molecule has 1 aliphatic rings. The van der Waals surface area contributed by atoms with E-state index < -0.39 is 16.2 Å². The van der Waals surface area contributed by atoms with Crippen molar-refractivity contribution in [3.63, 3.8) is 0 Å². The highest BCUT2D eigenvalue weighted by molar-refractivity contribution is 7.87. The predicted molar refractivity (Wildman–Crippen MR) is 114 cm³/mol. The maximum absolute atomic E-state index is 12.4. The first-order valence-electron chi connectivity index (χ1n) is 9.66. The molecule has 0 spiro atoms. The molecule has 1 unspecified atom stereocenters. The Balaban J connectivity index is 1.82. The highest BCUT2D eigenvalue weighted by Crippen LogP contribution is 2.42. The van der Waals surface area contributed by atoms with Crippen molar-refractivity contribution in [2.24, 2.45) is 18.7 Å². The topological polar surface area (TPSA) is 109 Å².